The fourth-order valence-electron chi connectivity index (χ4n) is 2.88. The predicted octanol–water partition coefficient (Wildman–Crippen LogP) is 3.99. The third-order valence-corrected chi connectivity index (χ3v) is 4.27. The summed E-state index contributed by atoms with van der Waals surface area (Å²) in [6.45, 7) is 2.02. The maximum Gasteiger partial charge on any atom is 0.220 e. The van der Waals surface area contributed by atoms with E-state index in [-0.39, 0.29) is 11.9 Å². The number of carbonyl (C=O) groups is 1. The molecule has 2 aromatic carbocycles. The van der Waals surface area contributed by atoms with Crippen LogP contribution in [0.2, 0.25) is 0 Å². The lowest BCUT2D eigenvalue weighted by Crippen LogP contribution is -2.26. The molecule has 1 heterocycles. The summed E-state index contributed by atoms with van der Waals surface area (Å²) >= 11 is 0. The Morgan fingerprint density at radius 1 is 1.13 bits per heavy atom. The molecule has 0 aliphatic carbocycles. The average Bonchev–Trinajstić information content (AvgIpc) is 2.94. The zero-order chi connectivity index (χ0) is 16.2. The van der Waals surface area contributed by atoms with Gasteiger partial charge in [-0.15, -0.1) is 0 Å². The molecule has 1 aromatic heterocycles. The zero-order valence-corrected chi connectivity index (χ0v) is 13.6. The van der Waals surface area contributed by atoms with Gasteiger partial charge in [0, 0.05) is 25.2 Å². The molecule has 1 unspecified atom stereocenters. The summed E-state index contributed by atoms with van der Waals surface area (Å²) < 4.78 is 2.10. The van der Waals surface area contributed by atoms with E-state index in [2.05, 4.69) is 40.3 Å². The van der Waals surface area contributed by atoms with Crippen LogP contribution in [-0.2, 0) is 18.3 Å². The molecular weight excluding hydrogens is 284 g/mol. The molecule has 0 bridgehead atoms. The van der Waals surface area contributed by atoms with Crippen LogP contribution in [0.4, 0.5) is 0 Å². The summed E-state index contributed by atoms with van der Waals surface area (Å²) in [5.41, 5.74) is 3.55. The van der Waals surface area contributed by atoms with Gasteiger partial charge in [-0.05, 0) is 48.1 Å². The highest BCUT2D eigenvalue weighted by atomic mass is 16.1. The van der Waals surface area contributed by atoms with Crippen molar-refractivity contribution in [3.05, 3.63) is 71.9 Å². The van der Waals surface area contributed by atoms with Crippen LogP contribution >= 0.6 is 0 Å². The number of carbonyl (C=O) groups excluding carboxylic acids is 1. The second-order valence-corrected chi connectivity index (χ2v) is 6.02. The first-order chi connectivity index (χ1) is 11.1. The molecule has 3 heteroatoms. The van der Waals surface area contributed by atoms with Crippen molar-refractivity contribution in [1.82, 2.24) is 9.88 Å². The fourth-order valence-corrected chi connectivity index (χ4v) is 2.88. The maximum atomic E-state index is 12.2. The van der Waals surface area contributed by atoms with Gasteiger partial charge in [0.05, 0.1) is 6.04 Å². The molecule has 1 N–H and O–H groups in total. The van der Waals surface area contributed by atoms with Crippen molar-refractivity contribution in [1.29, 1.82) is 0 Å². The maximum absolute atomic E-state index is 12.2. The highest BCUT2D eigenvalue weighted by Crippen LogP contribution is 2.18. The number of fused-ring (bicyclic) bond motifs is 1. The van der Waals surface area contributed by atoms with Crippen LogP contribution in [0.3, 0.4) is 0 Å². The SMILES string of the molecule is CC(NC(=O)CCc1ccc2c(ccn2C)c1)c1ccccc1. The van der Waals surface area contributed by atoms with E-state index in [9.17, 15) is 4.79 Å². The van der Waals surface area contributed by atoms with Gasteiger partial charge in [0.25, 0.3) is 0 Å². The minimum Gasteiger partial charge on any atom is -0.351 e. The summed E-state index contributed by atoms with van der Waals surface area (Å²) in [4.78, 5) is 12.2. The van der Waals surface area contributed by atoms with Crippen LogP contribution in [0.15, 0.2) is 60.8 Å². The molecule has 0 aliphatic heterocycles. The molecule has 1 amide bonds. The molecule has 3 nitrogen and oxygen atoms in total. The van der Waals surface area contributed by atoms with Gasteiger partial charge in [0.15, 0.2) is 0 Å². The Kier molecular flexibility index (Phi) is 4.47. The van der Waals surface area contributed by atoms with Crippen LogP contribution in [0, 0.1) is 0 Å². The molecule has 0 spiro atoms. The quantitative estimate of drug-likeness (QED) is 0.760. The summed E-state index contributed by atoms with van der Waals surface area (Å²) in [5, 5.41) is 4.29. The van der Waals surface area contributed by atoms with Crippen molar-refractivity contribution in [3.8, 4) is 0 Å². The van der Waals surface area contributed by atoms with Crippen LogP contribution in [-0.4, -0.2) is 10.5 Å². The first-order valence-corrected chi connectivity index (χ1v) is 8.02. The number of amides is 1. The average molecular weight is 306 g/mol. The summed E-state index contributed by atoms with van der Waals surface area (Å²) in [6.07, 6.45) is 3.33. The number of aryl methyl sites for hydroxylation is 2. The van der Waals surface area contributed by atoms with E-state index in [0.717, 1.165) is 12.0 Å². The smallest absolute Gasteiger partial charge is 0.220 e. The third-order valence-electron chi connectivity index (χ3n) is 4.27. The van der Waals surface area contributed by atoms with E-state index < -0.39 is 0 Å². The highest BCUT2D eigenvalue weighted by Gasteiger charge is 2.09. The van der Waals surface area contributed by atoms with Gasteiger partial charge in [-0.1, -0.05) is 36.4 Å². The van der Waals surface area contributed by atoms with Crippen LogP contribution < -0.4 is 5.32 Å². The molecule has 3 aromatic rings. The number of aromatic nitrogens is 1. The monoisotopic (exact) mass is 306 g/mol. The van der Waals surface area contributed by atoms with Crippen molar-refractivity contribution < 1.29 is 4.79 Å². The molecule has 1 atom stereocenters. The van der Waals surface area contributed by atoms with E-state index in [1.54, 1.807) is 0 Å². The molecule has 0 aliphatic rings. The van der Waals surface area contributed by atoms with Gasteiger partial charge >= 0.3 is 0 Å². The molecule has 0 radical (unpaired) electrons. The van der Waals surface area contributed by atoms with Crippen LogP contribution in [0.5, 0.6) is 0 Å². The van der Waals surface area contributed by atoms with E-state index in [4.69, 9.17) is 0 Å². The molecule has 3 rings (SSSR count). The largest absolute Gasteiger partial charge is 0.351 e. The van der Waals surface area contributed by atoms with Gasteiger partial charge in [-0.3, -0.25) is 4.79 Å². The minimum atomic E-state index is 0.0419. The minimum absolute atomic E-state index is 0.0419. The fraction of sp³-hybridized carbons (Fsp3) is 0.250. The number of nitrogens with zero attached hydrogens (tertiary/aromatic N) is 1. The molecule has 118 valence electrons. The Labute approximate surface area is 136 Å². The number of rotatable bonds is 5. The molecular formula is C20H22N2O. The van der Waals surface area contributed by atoms with Gasteiger partial charge in [-0.2, -0.15) is 0 Å². The summed E-state index contributed by atoms with van der Waals surface area (Å²) in [5.74, 6) is 0.0921. The summed E-state index contributed by atoms with van der Waals surface area (Å²) in [7, 11) is 2.04. The van der Waals surface area contributed by atoms with Crippen LogP contribution in [0.1, 0.15) is 30.5 Å². The molecule has 0 fully saturated rings. The topological polar surface area (TPSA) is 34.0 Å². The Bertz CT molecular complexity index is 805. The standard InChI is InChI=1S/C20H22N2O/c1-15(17-6-4-3-5-7-17)21-20(23)11-9-16-8-10-19-18(14-16)12-13-22(19)2/h3-8,10,12-15H,9,11H2,1-2H3,(H,21,23). The second-order valence-electron chi connectivity index (χ2n) is 6.02. The first-order valence-electron chi connectivity index (χ1n) is 8.02. The molecule has 0 saturated heterocycles. The lowest BCUT2D eigenvalue weighted by molar-refractivity contribution is -0.121. The second kappa shape index (κ2) is 6.69. The highest BCUT2D eigenvalue weighted by molar-refractivity contribution is 5.81. The lowest BCUT2D eigenvalue weighted by atomic mass is 10.1. The van der Waals surface area contributed by atoms with Crippen molar-refractivity contribution in [2.45, 2.75) is 25.8 Å². The van der Waals surface area contributed by atoms with Crippen molar-refractivity contribution in [3.63, 3.8) is 0 Å². The first kappa shape index (κ1) is 15.3. The van der Waals surface area contributed by atoms with Crippen molar-refractivity contribution >= 4 is 16.8 Å². The third kappa shape index (κ3) is 3.62. The Balaban J connectivity index is 1.57. The summed E-state index contributed by atoms with van der Waals surface area (Å²) in [6, 6.07) is 18.6. The van der Waals surface area contributed by atoms with Gasteiger partial charge in [0.2, 0.25) is 5.91 Å². The Morgan fingerprint density at radius 3 is 2.70 bits per heavy atom. The number of hydrogen-bond acceptors (Lipinski definition) is 1. The van der Waals surface area contributed by atoms with Crippen molar-refractivity contribution in [2.75, 3.05) is 0 Å². The number of nitrogens with one attached hydrogen (secondary N) is 1. The van der Waals surface area contributed by atoms with E-state index in [1.165, 1.54) is 16.5 Å². The molecule has 23 heavy (non-hydrogen) atoms. The lowest BCUT2D eigenvalue weighted by Gasteiger charge is -2.14. The van der Waals surface area contributed by atoms with E-state index >= 15 is 0 Å². The van der Waals surface area contributed by atoms with Crippen molar-refractivity contribution in [2.24, 2.45) is 7.05 Å². The Hall–Kier alpha value is -2.55. The predicted molar refractivity (Wildman–Crippen MR) is 94.2 cm³/mol. The Morgan fingerprint density at radius 2 is 1.91 bits per heavy atom. The van der Waals surface area contributed by atoms with Gasteiger partial charge in [0.1, 0.15) is 0 Å². The zero-order valence-electron chi connectivity index (χ0n) is 13.6. The molecule has 0 saturated carbocycles. The number of hydrogen-bond donors (Lipinski definition) is 1. The normalized spacial score (nSPS) is 12.3. The number of benzene rings is 2. The van der Waals surface area contributed by atoms with Gasteiger partial charge in [-0.25, -0.2) is 0 Å². The van der Waals surface area contributed by atoms with E-state index in [0.29, 0.717) is 6.42 Å². The van der Waals surface area contributed by atoms with Crippen LogP contribution in [0.25, 0.3) is 10.9 Å². The van der Waals surface area contributed by atoms with E-state index in [1.807, 2.05) is 44.3 Å². The van der Waals surface area contributed by atoms with Gasteiger partial charge < -0.3 is 9.88 Å².